The Labute approximate surface area is 138 Å². The van der Waals surface area contributed by atoms with Crippen LogP contribution in [0.4, 0.5) is 0 Å². The van der Waals surface area contributed by atoms with Crippen molar-refractivity contribution in [3.63, 3.8) is 0 Å². The maximum atomic E-state index is 11.7. The Morgan fingerprint density at radius 1 is 1.52 bits per heavy atom. The average Bonchev–Trinajstić information content (AvgIpc) is 2.92. The molecule has 0 atom stereocenters. The number of aromatic nitrogens is 1. The first-order valence-corrected chi connectivity index (χ1v) is 8.15. The highest BCUT2D eigenvalue weighted by atomic mass is 32.1. The van der Waals surface area contributed by atoms with Crippen molar-refractivity contribution < 1.29 is 14.6 Å². The van der Waals surface area contributed by atoms with Gasteiger partial charge in [0.15, 0.2) is 0 Å². The van der Waals surface area contributed by atoms with Crippen molar-refractivity contribution in [2.75, 3.05) is 6.61 Å². The van der Waals surface area contributed by atoms with E-state index in [2.05, 4.69) is 15.5 Å². The number of thiazole rings is 1. The monoisotopic (exact) mass is 333 g/mol. The van der Waals surface area contributed by atoms with Crippen LogP contribution in [-0.4, -0.2) is 28.8 Å². The van der Waals surface area contributed by atoms with E-state index in [4.69, 9.17) is 4.74 Å². The minimum atomic E-state index is -0.252. The zero-order valence-electron chi connectivity index (χ0n) is 13.1. The predicted octanol–water partition coefficient (Wildman–Crippen LogP) is 2.64. The second-order valence-electron chi connectivity index (χ2n) is 4.92. The van der Waals surface area contributed by atoms with Crippen molar-refractivity contribution in [1.82, 2.24) is 10.4 Å². The van der Waals surface area contributed by atoms with Gasteiger partial charge in [-0.1, -0.05) is 6.92 Å². The summed E-state index contributed by atoms with van der Waals surface area (Å²) in [6, 6.07) is 4.95. The standard InChI is InChI=1S/C16H19N3O3S/c1-3-6-22-13-5-4-12(14(20)7-13)9-17-19-15(21)8-16-18-11(2)10-23-16/h4-5,7,9-10,20H,3,6,8H2,1-2H3,(H,19,21)/b17-9+. The summed E-state index contributed by atoms with van der Waals surface area (Å²) in [6.07, 6.45) is 2.48. The van der Waals surface area contributed by atoms with Gasteiger partial charge in [0.2, 0.25) is 5.91 Å². The number of hydrogen-bond acceptors (Lipinski definition) is 6. The fraction of sp³-hybridized carbons (Fsp3) is 0.312. The van der Waals surface area contributed by atoms with Crippen LogP contribution in [0.5, 0.6) is 11.5 Å². The van der Waals surface area contributed by atoms with E-state index in [-0.39, 0.29) is 18.1 Å². The predicted molar refractivity (Wildman–Crippen MR) is 90.2 cm³/mol. The van der Waals surface area contributed by atoms with Gasteiger partial charge in [0.1, 0.15) is 16.5 Å². The second-order valence-corrected chi connectivity index (χ2v) is 5.86. The van der Waals surface area contributed by atoms with Crippen molar-refractivity contribution >= 4 is 23.5 Å². The molecule has 23 heavy (non-hydrogen) atoms. The first kappa shape index (κ1) is 17.0. The number of nitrogens with one attached hydrogen (secondary N) is 1. The van der Waals surface area contributed by atoms with E-state index in [1.54, 1.807) is 12.1 Å². The topological polar surface area (TPSA) is 83.8 Å². The SMILES string of the molecule is CCCOc1ccc(/C=N/NC(=O)Cc2nc(C)cs2)c(O)c1. The van der Waals surface area contributed by atoms with Crippen molar-refractivity contribution in [3.05, 3.63) is 39.8 Å². The number of carbonyl (C=O) groups excluding carboxylic acids is 1. The molecule has 0 aliphatic rings. The summed E-state index contributed by atoms with van der Waals surface area (Å²) in [4.78, 5) is 15.9. The third kappa shape index (κ3) is 5.37. The van der Waals surface area contributed by atoms with E-state index in [9.17, 15) is 9.90 Å². The van der Waals surface area contributed by atoms with E-state index in [1.807, 2.05) is 19.2 Å². The second kappa shape index (κ2) is 8.28. The highest BCUT2D eigenvalue weighted by molar-refractivity contribution is 7.09. The highest BCUT2D eigenvalue weighted by Gasteiger charge is 2.06. The number of ether oxygens (including phenoxy) is 1. The molecule has 0 aliphatic carbocycles. The van der Waals surface area contributed by atoms with Gasteiger partial charge < -0.3 is 9.84 Å². The van der Waals surface area contributed by atoms with Crippen LogP contribution in [0.25, 0.3) is 0 Å². The summed E-state index contributed by atoms with van der Waals surface area (Å²) in [6.45, 7) is 4.49. The molecule has 0 unspecified atom stereocenters. The summed E-state index contributed by atoms with van der Waals surface area (Å²) in [5.41, 5.74) is 3.82. The Morgan fingerprint density at radius 3 is 3.00 bits per heavy atom. The number of hydrogen-bond donors (Lipinski definition) is 2. The molecule has 0 fully saturated rings. The van der Waals surface area contributed by atoms with Crippen LogP contribution in [0.2, 0.25) is 0 Å². The van der Waals surface area contributed by atoms with Gasteiger partial charge in [-0.3, -0.25) is 4.79 Å². The lowest BCUT2D eigenvalue weighted by Gasteiger charge is -2.06. The lowest BCUT2D eigenvalue weighted by atomic mass is 10.2. The summed E-state index contributed by atoms with van der Waals surface area (Å²) >= 11 is 1.44. The molecular formula is C16H19N3O3S. The molecule has 2 aromatic rings. The number of aromatic hydroxyl groups is 1. The number of phenolic OH excluding ortho intramolecular Hbond substituents is 1. The highest BCUT2D eigenvalue weighted by Crippen LogP contribution is 2.22. The lowest BCUT2D eigenvalue weighted by molar-refractivity contribution is -0.120. The molecule has 2 N–H and O–H groups in total. The van der Waals surface area contributed by atoms with E-state index >= 15 is 0 Å². The van der Waals surface area contributed by atoms with Gasteiger partial charge in [0, 0.05) is 22.7 Å². The fourth-order valence-electron chi connectivity index (χ4n) is 1.78. The molecular weight excluding hydrogens is 314 g/mol. The summed E-state index contributed by atoms with van der Waals surface area (Å²) in [7, 11) is 0. The third-order valence-corrected chi connectivity index (χ3v) is 3.81. The zero-order valence-corrected chi connectivity index (χ0v) is 13.9. The molecule has 0 radical (unpaired) electrons. The molecule has 1 amide bonds. The molecule has 0 aliphatic heterocycles. The minimum absolute atomic E-state index is 0.0483. The summed E-state index contributed by atoms with van der Waals surface area (Å²) in [5, 5.41) is 16.4. The van der Waals surface area contributed by atoms with Crippen LogP contribution in [0.1, 0.15) is 29.6 Å². The van der Waals surface area contributed by atoms with E-state index in [1.165, 1.54) is 23.6 Å². The van der Waals surface area contributed by atoms with Gasteiger partial charge >= 0.3 is 0 Å². The average molecular weight is 333 g/mol. The maximum absolute atomic E-state index is 11.7. The van der Waals surface area contributed by atoms with Crippen molar-refractivity contribution in [3.8, 4) is 11.5 Å². The molecule has 0 bridgehead atoms. The Kier molecular flexibility index (Phi) is 6.10. The first-order valence-electron chi connectivity index (χ1n) is 7.27. The molecule has 1 aromatic heterocycles. The molecule has 0 saturated carbocycles. The van der Waals surface area contributed by atoms with Crippen LogP contribution < -0.4 is 10.2 Å². The normalized spacial score (nSPS) is 10.9. The molecule has 0 spiro atoms. The Balaban J connectivity index is 1.88. The summed E-state index contributed by atoms with van der Waals surface area (Å²) in [5.74, 6) is 0.398. The Morgan fingerprint density at radius 2 is 2.35 bits per heavy atom. The molecule has 0 saturated heterocycles. The number of phenols is 1. The van der Waals surface area contributed by atoms with Crippen molar-refractivity contribution in [1.29, 1.82) is 0 Å². The first-order chi connectivity index (χ1) is 11.1. The fourth-order valence-corrected chi connectivity index (χ4v) is 2.55. The third-order valence-electron chi connectivity index (χ3n) is 2.85. The van der Waals surface area contributed by atoms with Crippen LogP contribution in [0.3, 0.4) is 0 Å². The largest absolute Gasteiger partial charge is 0.507 e. The molecule has 1 aromatic carbocycles. The molecule has 2 rings (SSSR count). The smallest absolute Gasteiger partial charge is 0.246 e. The Bertz CT molecular complexity index is 698. The van der Waals surface area contributed by atoms with Gasteiger partial charge in [0.25, 0.3) is 0 Å². The van der Waals surface area contributed by atoms with Crippen molar-refractivity contribution in [2.24, 2.45) is 5.10 Å². The number of hydrazone groups is 1. The number of rotatable bonds is 7. The number of carbonyl (C=O) groups is 1. The van der Waals surface area contributed by atoms with E-state index in [0.29, 0.717) is 17.9 Å². The lowest BCUT2D eigenvalue weighted by Crippen LogP contribution is -2.19. The van der Waals surface area contributed by atoms with Gasteiger partial charge in [0.05, 0.1) is 19.2 Å². The molecule has 7 heteroatoms. The van der Waals surface area contributed by atoms with E-state index in [0.717, 1.165) is 17.1 Å². The van der Waals surface area contributed by atoms with Gasteiger partial charge in [-0.05, 0) is 25.5 Å². The van der Waals surface area contributed by atoms with E-state index < -0.39 is 0 Å². The van der Waals surface area contributed by atoms with Crippen LogP contribution in [0, 0.1) is 6.92 Å². The molecule has 122 valence electrons. The summed E-state index contributed by atoms with van der Waals surface area (Å²) < 4.78 is 5.42. The van der Waals surface area contributed by atoms with Crippen LogP contribution >= 0.6 is 11.3 Å². The number of benzene rings is 1. The van der Waals surface area contributed by atoms with Gasteiger partial charge in [-0.25, -0.2) is 10.4 Å². The molecule has 6 nitrogen and oxygen atoms in total. The van der Waals surface area contributed by atoms with Crippen LogP contribution in [-0.2, 0) is 11.2 Å². The number of aryl methyl sites for hydroxylation is 1. The minimum Gasteiger partial charge on any atom is -0.507 e. The number of nitrogens with zero attached hydrogens (tertiary/aromatic N) is 2. The number of amides is 1. The van der Waals surface area contributed by atoms with Crippen molar-refractivity contribution in [2.45, 2.75) is 26.7 Å². The van der Waals surface area contributed by atoms with Gasteiger partial charge in [-0.2, -0.15) is 5.10 Å². The quantitative estimate of drug-likeness (QED) is 0.603. The Hall–Kier alpha value is -2.41. The van der Waals surface area contributed by atoms with Crippen LogP contribution in [0.15, 0.2) is 28.7 Å². The van der Waals surface area contributed by atoms with Gasteiger partial charge in [-0.15, -0.1) is 11.3 Å². The maximum Gasteiger partial charge on any atom is 0.246 e. The zero-order chi connectivity index (χ0) is 16.7. The molecule has 1 heterocycles.